The zero-order valence-electron chi connectivity index (χ0n) is 16.5. The SMILES string of the molecule is COc1ccccc1NS(=O)(=O)c1cc(C(=O)NNC(=O)c2cccc[n+]2[O-])ccc1Cl. The van der Waals surface area contributed by atoms with E-state index < -0.39 is 21.8 Å². The molecule has 0 aliphatic carbocycles. The minimum Gasteiger partial charge on any atom is -0.618 e. The van der Waals surface area contributed by atoms with Crippen molar-refractivity contribution in [3.63, 3.8) is 0 Å². The van der Waals surface area contributed by atoms with Crippen LogP contribution in [0.5, 0.6) is 5.75 Å². The van der Waals surface area contributed by atoms with Gasteiger partial charge in [-0.05, 0) is 36.4 Å². The lowest BCUT2D eigenvalue weighted by atomic mass is 10.2. The summed E-state index contributed by atoms with van der Waals surface area (Å²) in [6.45, 7) is 0. The smallest absolute Gasteiger partial charge is 0.335 e. The van der Waals surface area contributed by atoms with Gasteiger partial charge in [0.05, 0.1) is 17.8 Å². The number of carbonyl (C=O) groups excluding carboxylic acids is 2. The van der Waals surface area contributed by atoms with Crippen molar-refractivity contribution in [3.05, 3.63) is 88.3 Å². The molecule has 0 aliphatic rings. The molecule has 3 N–H and O–H groups in total. The predicted octanol–water partition coefficient (Wildman–Crippen LogP) is 1.86. The second-order valence-corrected chi connectivity index (χ2v) is 8.33. The van der Waals surface area contributed by atoms with Crippen molar-refractivity contribution >= 4 is 39.1 Å². The summed E-state index contributed by atoms with van der Waals surface area (Å²) in [5.74, 6) is -1.38. The van der Waals surface area contributed by atoms with E-state index in [-0.39, 0.29) is 26.9 Å². The standard InChI is InChI=1S/C20H17ClN4O6S/c1-31-17-8-3-2-6-15(17)24-32(29,30)18-12-13(9-10-14(18)21)19(26)22-23-20(27)16-7-4-5-11-25(16)28/h2-12,24H,1H3,(H,22,26)(H,23,27). The summed E-state index contributed by atoms with van der Waals surface area (Å²) < 4.78 is 33.6. The Morgan fingerprint density at radius 3 is 2.41 bits per heavy atom. The average molecular weight is 477 g/mol. The number of pyridine rings is 1. The van der Waals surface area contributed by atoms with Gasteiger partial charge in [-0.1, -0.05) is 23.7 Å². The van der Waals surface area contributed by atoms with E-state index in [1.165, 1.54) is 43.5 Å². The van der Waals surface area contributed by atoms with Crippen LogP contribution < -0.4 is 25.0 Å². The fourth-order valence-electron chi connectivity index (χ4n) is 2.63. The minimum atomic E-state index is -4.19. The molecule has 166 valence electrons. The second kappa shape index (κ2) is 9.54. The largest absolute Gasteiger partial charge is 0.618 e. The number of amides is 2. The van der Waals surface area contributed by atoms with Gasteiger partial charge in [-0.3, -0.25) is 25.2 Å². The molecule has 32 heavy (non-hydrogen) atoms. The molecule has 0 saturated heterocycles. The van der Waals surface area contributed by atoms with Gasteiger partial charge in [0.1, 0.15) is 10.6 Å². The van der Waals surface area contributed by atoms with Gasteiger partial charge in [0.2, 0.25) is 0 Å². The van der Waals surface area contributed by atoms with E-state index in [9.17, 15) is 23.2 Å². The van der Waals surface area contributed by atoms with Crippen molar-refractivity contribution in [1.82, 2.24) is 10.9 Å². The van der Waals surface area contributed by atoms with E-state index in [1.807, 2.05) is 0 Å². The number of nitrogens with zero attached hydrogens (tertiary/aromatic N) is 1. The van der Waals surface area contributed by atoms with Crippen molar-refractivity contribution in [1.29, 1.82) is 0 Å². The molecular weight excluding hydrogens is 460 g/mol. The van der Waals surface area contributed by atoms with Gasteiger partial charge in [0.15, 0.2) is 6.20 Å². The van der Waals surface area contributed by atoms with Gasteiger partial charge in [0.25, 0.3) is 21.6 Å². The molecule has 0 bridgehead atoms. The number of carbonyl (C=O) groups is 2. The number of rotatable bonds is 6. The Kier molecular flexibility index (Phi) is 6.81. The lowest BCUT2D eigenvalue weighted by Gasteiger charge is -2.13. The quantitative estimate of drug-likeness (QED) is 0.282. The van der Waals surface area contributed by atoms with E-state index in [1.54, 1.807) is 18.2 Å². The molecule has 0 atom stereocenters. The highest BCUT2D eigenvalue weighted by molar-refractivity contribution is 7.92. The summed E-state index contributed by atoms with van der Waals surface area (Å²) in [5, 5.41) is 11.5. The van der Waals surface area contributed by atoms with Crippen LogP contribution in [0.1, 0.15) is 20.8 Å². The summed E-state index contributed by atoms with van der Waals surface area (Å²) >= 11 is 6.06. The summed E-state index contributed by atoms with van der Waals surface area (Å²) in [7, 11) is -2.79. The van der Waals surface area contributed by atoms with Gasteiger partial charge < -0.3 is 9.94 Å². The number of aromatic nitrogens is 1. The zero-order chi connectivity index (χ0) is 23.3. The van der Waals surface area contributed by atoms with E-state index >= 15 is 0 Å². The van der Waals surface area contributed by atoms with Gasteiger partial charge in [-0.25, -0.2) is 8.42 Å². The molecule has 0 unspecified atom stereocenters. The van der Waals surface area contributed by atoms with Gasteiger partial charge in [0, 0.05) is 17.7 Å². The van der Waals surface area contributed by atoms with E-state index in [0.29, 0.717) is 10.5 Å². The highest BCUT2D eigenvalue weighted by atomic mass is 35.5. The maximum Gasteiger partial charge on any atom is 0.335 e. The number of hydrogen-bond acceptors (Lipinski definition) is 6. The Labute approximate surface area is 188 Å². The van der Waals surface area contributed by atoms with Crippen LogP contribution in [0.15, 0.2) is 71.8 Å². The molecule has 0 aliphatic heterocycles. The van der Waals surface area contributed by atoms with Crippen LogP contribution >= 0.6 is 11.6 Å². The zero-order valence-corrected chi connectivity index (χ0v) is 18.1. The topological polar surface area (TPSA) is 141 Å². The first-order chi connectivity index (χ1) is 15.2. The van der Waals surface area contributed by atoms with E-state index in [0.717, 1.165) is 12.3 Å². The van der Waals surface area contributed by atoms with Crippen molar-refractivity contribution in [2.45, 2.75) is 4.90 Å². The number of hydrogen-bond donors (Lipinski definition) is 3. The Hall–Kier alpha value is -3.83. The predicted molar refractivity (Wildman–Crippen MR) is 116 cm³/mol. The molecule has 0 spiro atoms. The lowest BCUT2D eigenvalue weighted by molar-refractivity contribution is -0.607. The van der Waals surface area contributed by atoms with Crippen molar-refractivity contribution in [2.75, 3.05) is 11.8 Å². The van der Waals surface area contributed by atoms with Crippen molar-refractivity contribution < 1.29 is 27.5 Å². The van der Waals surface area contributed by atoms with Gasteiger partial charge in [-0.2, -0.15) is 4.73 Å². The van der Waals surface area contributed by atoms with Crippen molar-refractivity contribution in [3.8, 4) is 5.75 Å². The van der Waals surface area contributed by atoms with Crippen molar-refractivity contribution in [2.24, 2.45) is 0 Å². The monoisotopic (exact) mass is 476 g/mol. The number of methoxy groups -OCH3 is 1. The van der Waals surface area contributed by atoms with Crippen LogP contribution in [-0.4, -0.2) is 27.3 Å². The lowest BCUT2D eigenvalue weighted by Crippen LogP contribution is -2.46. The third-order valence-corrected chi connectivity index (χ3v) is 6.03. The Bertz CT molecular complexity index is 1280. The first-order valence-electron chi connectivity index (χ1n) is 8.97. The molecule has 12 heteroatoms. The molecular formula is C20H17ClN4O6S. The number of hydrazine groups is 1. The molecule has 2 amide bonds. The van der Waals surface area contributed by atoms with Crippen LogP contribution in [0.3, 0.4) is 0 Å². The summed E-state index contributed by atoms with van der Waals surface area (Å²) in [6, 6.07) is 14.1. The number of sulfonamides is 1. The molecule has 0 saturated carbocycles. The minimum absolute atomic E-state index is 0.0989. The number of ether oxygens (including phenoxy) is 1. The maximum atomic E-state index is 12.9. The summed E-state index contributed by atoms with van der Waals surface area (Å²) in [6.07, 6.45) is 1.13. The van der Waals surface area contributed by atoms with Crippen LogP contribution in [-0.2, 0) is 10.0 Å². The molecule has 0 radical (unpaired) electrons. The fourth-order valence-corrected chi connectivity index (χ4v) is 4.23. The third-order valence-electron chi connectivity index (χ3n) is 4.18. The van der Waals surface area contributed by atoms with E-state index in [2.05, 4.69) is 15.6 Å². The number of halogens is 1. The van der Waals surface area contributed by atoms with E-state index in [4.69, 9.17) is 16.3 Å². The molecule has 1 aromatic heterocycles. The van der Waals surface area contributed by atoms with Gasteiger partial charge in [-0.15, -0.1) is 0 Å². The molecule has 2 aromatic carbocycles. The average Bonchev–Trinajstić information content (AvgIpc) is 2.77. The van der Waals surface area contributed by atoms with Crippen LogP contribution in [0.25, 0.3) is 0 Å². The molecule has 10 nitrogen and oxygen atoms in total. The van der Waals surface area contributed by atoms with Gasteiger partial charge >= 0.3 is 5.91 Å². The fraction of sp³-hybridized carbons (Fsp3) is 0.0500. The molecule has 3 rings (SSSR count). The Balaban J connectivity index is 1.79. The molecule has 0 fully saturated rings. The first-order valence-corrected chi connectivity index (χ1v) is 10.8. The van der Waals surface area contributed by atoms with Crippen LogP contribution in [0.2, 0.25) is 5.02 Å². The number of para-hydroxylation sites is 2. The molecule has 1 heterocycles. The normalized spacial score (nSPS) is 10.8. The first kappa shape index (κ1) is 22.8. The van der Waals surface area contributed by atoms with Crippen LogP contribution in [0, 0.1) is 5.21 Å². The third kappa shape index (κ3) is 5.07. The number of nitrogens with one attached hydrogen (secondary N) is 3. The molecule has 3 aromatic rings. The Morgan fingerprint density at radius 1 is 1.00 bits per heavy atom. The number of anilines is 1. The van der Waals surface area contributed by atoms with Crippen LogP contribution in [0.4, 0.5) is 5.69 Å². The number of benzene rings is 2. The summed E-state index contributed by atoms with van der Waals surface area (Å²) in [4.78, 5) is 24.1. The highest BCUT2D eigenvalue weighted by Gasteiger charge is 2.22. The summed E-state index contributed by atoms with van der Waals surface area (Å²) in [5.41, 5.74) is 4.05. The highest BCUT2D eigenvalue weighted by Crippen LogP contribution is 2.29. The Morgan fingerprint density at radius 2 is 1.69 bits per heavy atom. The maximum absolute atomic E-state index is 12.9. The second-order valence-electron chi connectivity index (χ2n) is 6.27.